The van der Waals surface area contributed by atoms with Crippen LogP contribution in [0.1, 0.15) is 45.4 Å². The predicted octanol–water partition coefficient (Wildman–Crippen LogP) is 3.87. The highest BCUT2D eigenvalue weighted by atomic mass is 32.1. The second-order valence-corrected chi connectivity index (χ2v) is 7.18. The third kappa shape index (κ3) is 3.14. The maximum Gasteiger partial charge on any atom is 0.410 e. The van der Waals surface area contributed by atoms with Crippen molar-refractivity contribution in [2.24, 2.45) is 0 Å². The molecule has 1 atom stereocenters. The van der Waals surface area contributed by atoms with Crippen LogP contribution < -0.4 is 0 Å². The molecule has 0 N–H and O–H groups in total. The van der Waals surface area contributed by atoms with Crippen LogP contribution in [-0.2, 0) is 4.74 Å². The number of amides is 1. The summed E-state index contributed by atoms with van der Waals surface area (Å²) in [6, 6.07) is 1.75. The first-order valence-corrected chi connectivity index (χ1v) is 8.18. The molecule has 0 aromatic carbocycles. The maximum atomic E-state index is 12.3. The molecule has 1 aliphatic rings. The third-order valence-corrected chi connectivity index (χ3v) is 4.18. The lowest BCUT2D eigenvalue weighted by molar-refractivity contribution is 0.0204. The molecule has 0 radical (unpaired) electrons. The van der Waals surface area contributed by atoms with Crippen LogP contribution in [0.4, 0.5) is 4.79 Å². The van der Waals surface area contributed by atoms with Gasteiger partial charge in [-0.25, -0.2) is 9.78 Å². The van der Waals surface area contributed by atoms with Gasteiger partial charge in [-0.05, 0) is 33.6 Å². The maximum absolute atomic E-state index is 12.3. The van der Waals surface area contributed by atoms with E-state index in [-0.39, 0.29) is 12.1 Å². The van der Waals surface area contributed by atoms with Crippen LogP contribution in [0.2, 0.25) is 0 Å². The Balaban J connectivity index is 1.77. The summed E-state index contributed by atoms with van der Waals surface area (Å²) >= 11 is 1.51. The largest absolute Gasteiger partial charge is 0.444 e. The van der Waals surface area contributed by atoms with E-state index in [0.29, 0.717) is 18.0 Å². The third-order valence-electron chi connectivity index (χ3n) is 3.39. The molecule has 7 heteroatoms. The number of thiazole rings is 1. The van der Waals surface area contributed by atoms with Crippen LogP contribution >= 0.6 is 11.3 Å². The first-order valence-electron chi connectivity index (χ1n) is 7.30. The van der Waals surface area contributed by atoms with Crippen LogP contribution in [0.25, 0.3) is 10.7 Å². The predicted molar refractivity (Wildman–Crippen MR) is 82.5 cm³/mol. The molecule has 2 aromatic heterocycles. The number of nitrogens with zero attached hydrogens (tertiary/aromatic N) is 3. The molecule has 0 spiro atoms. The highest BCUT2D eigenvalue weighted by molar-refractivity contribution is 7.13. The summed E-state index contributed by atoms with van der Waals surface area (Å²) in [7, 11) is 0. The summed E-state index contributed by atoms with van der Waals surface area (Å²) in [5.74, 6) is 0.688. The average molecular weight is 321 g/mol. The minimum absolute atomic E-state index is 0.115. The molecule has 1 saturated heterocycles. The molecule has 1 unspecified atom stereocenters. The Morgan fingerprint density at radius 1 is 1.50 bits per heavy atom. The molecule has 1 amide bonds. The monoisotopic (exact) mass is 321 g/mol. The van der Waals surface area contributed by atoms with Crippen molar-refractivity contribution in [2.45, 2.75) is 45.3 Å². The van der Waals surface area contributed by atoms with Gasteiger partial charge in [-0.3, -0.25) is 4.90 Å². The second kappa shape index (κ2) is 5.72. The zero-order chi connectivity index (χ0) is 15.7. The fraction of sp³-hybridized carbons (Fsp3) is 0.533. The van der Waals surface area contributed by atoms with Crippen molar-refractivity contribution in [1.82, 2.24) is 15.0 Å². The molecule has 0 saturated carbocycles. The van der Waals surface area contributed by atoms with Crippen molar-refractivity contribution in [3.63, 3.8) is 0 Å². The number of ether oxygens (including phenoxy) is 1. The molecule has 3 rings (SSSR count). The van der Waals surface area contributed by atoms with Crippen molar-refractivity contribution in [2.75, 3.05) is 6.54 Å². The Bertz CT molecular complexity index is 645. The van der Waals surface area contributed by atoms with Gasteiger partial charge in [0.05, 0.1) is 6.04 Å². The van der Waals surface area contributed by atoms with E-state index in [2.05, 4.69) is 10.1 Å². The SMILES string of the molecule is CC(C)(C)OC(=O)N1CCCC1c1cc(-c2nccs2)no1. The zero-order valence-corrected chi connectivity index (χ0v) is 13.7. The lowest BCUT2D eigenvalue weighted by Crippen LogP contribution is -2.36. The fourth-order valence-electron chi connectivity index (χ4n) is 2.50. The summed E-state index contributed by atoms with van der Waals surface area (Å²) in [6.07, 6.45) is 3.21. The normalized spacial score (nSPS) is 18.7. The average Bonchev–Trinajstić information content (AvgIpc) is 3.17. The summed E-state index contributed by atoms with van der Waals surface area (Å²) in [4.78, 5) is 18.3. The lowest BCUT2D eigenvalue weighted by atomic mass is 10.1. The van der Waals surface area contributed by atoms with E-state index in [1.165, 1.54) is 11.3 Å². The molecular weight excluding hydrogens is 302 g/mol. The van der Waals surface area contributed by atoms with E-state index in [0.717, 1.165) is 17.8 Å². The minimum atomic E-state index is -0.502. The van der Waals surface area contributed by atoms with Crippen molar-refractivity contribution in [1.29, 1.82) is 0 Å². The molecule has 118 valence electrons. The van der Waals surface area contributed by atoms with E-state index in [9.17, 15) is 4.79 Å². The van der Waals surface area contributed by atoms with Gasteiger partial charge in [-0.2, -0.15) is 0 Å². The number of carbonyl (C=O) groups excluding carboxylic acids is 1. The zero-order valence-electron chi connectivity index (χ0n) is 12.9. The summed E-state index contributed by atoms with van der Waals surface area (Å²) in [5, 5.41) is 6.78. The van der Waals surface area contributed by atoms with Crippen LogP contribution in [0.15, 0.2) is 22.2 Å². The van der Waals surface area contributed by atoms with Crippen LogP contribution in [0.3, 0.4) is 0 Å². The topological polar surface area (TPSA) is 68.5 Å². The quantitative estimate of drug-likeness (QED) is 0.840. The van der Waals surface area contributed by atoms with Gasteiger partial charge < -0.3 is 9.26 Å². The number of likely N-dealkylation sites (tertiary alicyclic amines) is 1. The molecule has 1 fully saturated rings. The van der Waals surface area contributed by atoms with Crippen LogP contribution in [0.5, 0.6) is 0 Å². The Morgan fingerprint density at radius 3 is 3.00 bits per heavy atom. The van der Waals surface area contributed by atoms with Crippen molar-refractivity contribution in [3.05, 3.63) is 23.4 Å². The Labute approximate surface area is 133 Å². The van der Waals surface area contributed by atoms with E-state index in [1.54, 1.807) is 11.1 Å². The van der Waals surface area contributed by atoms with Gasteiger partial charge in [0.15, 0.2) is 5.76 Å². The number of rotatable bonds is 2. The Morgan fingerprint density at radius 2 is 2.32 bits per heavy atom. The van der Waals surface area contributed by atoms with Crippen molar-refractivity contribution in [3.8, 4) is 10.7 Å². The second-order valence-electron chi connectivity index (χ2n) is 6.28. The van der Waals surface area contributed by atoms with E-state index < -0.39 is 5.60 Å². The summed E-state index contributed by atoms with van der Waals surface area (Å²) < 4.78 is 10.9. The molecule has 0 bridgehead atoms. The van der Waals surface area contributed by atoms with Gasteiger partial charge in [-0.1, -0.05) is 5.16 Å². The van der Waals surface area contributed by atoms with Crippen LogP contribution in [-0.4, -0.2) is 33.3 Å². The smallest absolute Gasteiger partial charge is 0.410 e. The standard InChI is InChI=1S/C15H19N3O3S/c1-15(2,3)20-14(19)18-7-4-5-11(18)12-9-10(17-21-12)13-16-6-8-22-13/h6,8-9,11H,4-5,7H2,1-3H3. The van der Waals surface area contributed by atoms with E-state index in [4.69, 9.17) is 9.26 Å². The van der Waals surface area contributed by atoms with Crippen molar-refractivity contribution < 1.29 is 14.1 Å². The number of hydrogen-bond acceptors (Lipinski definition) is 6. The van der Waals surface area contributed by atoms with Gasteiger partial charge in [0, 0.05) is 24.2 Å². The van der Waals surface area contributed by atoms with Gasteiger partial charge >= 0.3 is 6.09 Å². The molecule has 22 heavy (non-hydrogen) atoms. The number of aromatic nitrogens is 2. The first-order chi connectivity index (χ1) is 10.4. The highest BCUT2D eigenvalue weighted by Crippen LogP contribution is 2.35. The van der Waals surface area contributed by atoms with Gasteiger partial charge in [0.25, 0.3) is 0 Å². The van der Waals surface area contributed by atoms with Crippen LogP contribution in [0, 0.1) is 0 Å². The minimum Gasteiger partial charge on any atom is -0.444 e. The van der Waals surface area contributed by atoms with E-state index >= 15 is 0 Å². The molecule has 2 aromatic rings. The fourth-order valence-corrected chi connectivity index (χ4v) is 3.09. The molecule has 1 aliphatic heterocycles. The van der Waals surface area contributed by atoms with Crippen molar-refractivity contribution >= 4 is 17.4 Å². The molecule has 6 nitrogen and oxygen atoms in total. The van der Waals surface area contributed by atoms with Gasteiger partial charge in [0.2, 0.25) is 0 Å². The van der Waals surface area contributed by atoms with Gasteiger partial charge in [0.1, 0.15) is 16.3 Å². The summed E-state index contributed by atoms with van der Waals surface area (Å²) in [5.41, 5.74) is 0.207. The van der Waals surface area contributed by atoms with Gasteiger partial charge in [-0.15, -0.1) is 11.3 Å². The molecule has 0 aliphatic carbocycles. The molecule has 3 heterocycles. The number of carbonyl (C=O) groups is 1. The lowest BCUT2D eigenvalue weighted by Gasteiger charge is -2.27. The highest BCUT2D eigenvalue weighted by Gasteiger charge is 2.35. The first kappa shape index (κ1) is 15.0. The Kier molecular flexibility index (Phi) is 3.90. The Hall–Kier alpha value is -1.89. The summed E-state index contributed by atoms with van der Waals surface area (Å²) in [6.45, 7) is 6.27. The number of hydrogen-bond donors (Lipinski definition) is 0. The molecular formula is C15H19N3O3S. The van der Waals surface area contributed by atoms with E-state index in [1.807, 2.05) is 32.2 Å².